The van der Waals surface area contributed by atoms with Gasteiger partial charge in [-0.1, -0.05) is 56.3 Å². The average molecular weight is 442 g/mol. The average Bonchev–Trinajstić information content (AvgIpc) is 2.77. The van der Waals surface area contributed by atoms with Crippen molar-refractivity contribution in [2.75, 3.05) is 7.11 Å². The van der Waals surface area contributed by atoms with Crippen LogP contribution in [0.1, 0.15) is 42.0 Å². The van der Waals surface area contributed by atoms with E-state index in [-0.39, 0.29) is 19.0 Å². The second-order valence-corrected chi connectivity index (χ2v) is 7.84. The van der Waals surface area contributed by atoms with Crippen molar-refractivity contribution in [3.05, 3.63) is 89.0 Å². The van der Waals surface area contributed by atoms with Gasteiger partial charge in [0.05, 0.1) is 19.1 Å². The van der Waals surface area contributed by atoms with E-state index in [9.17, 15) is 18.0 Å². The van der Waals surface area contributed by atoms with Gasteiger partial charge in [0, 0.05) is 5.56 Å². The molecule has 3 aromatic carbocycles. The zero-order valence-corrected chi connectivity index (χ0v) is 18.2. The van der Waals surface area contributed by atoms with Gasteiger partial charge in [-0.2, -0.15) is 13.2 Å². The number of benzene rings is 3. The highest BCUT2D eigenvalue weighted by Gasteiger charge is 2.29. The Balaban J connectivity index is 1.87. The first-order chi connectivity index (χ1) is 15.2. The minimum Gasteiger partial charge on any atom is -0.488 e. The number of esters is 1. The van der Waals surface area contributed by atoms with Crippen molar-refractivity contribution in [3.8, 4) is 16.9 Å². The van der Waals surface area contributed by atoms with Gasteiger partial charge >= 0.3 is 12.1 Å². The van der Waals surface area contributed by atoms with Crippen molar-refractivity contribution in [1.82, 2.24) is 0 Å². The van der Waals surface area contributed by atoms with Crippen LogP contribution in [0.5, 0.6) is 5.75 Å². The summed E-state index contributed by atoms with van der Waals surface area (Å²) in [4.78, 5) is 11.7. The Labute approximate surface area is 185 Å². The van der Waals surface area contributed by atoms with Crippen LogP contribution in [0.3, 0.4) is 0 Å². The summed E-state index contributed by atoms with van der Waals surface area (Å²) in [6, 6.07) is 18.4. The second kappa shape index (κ2) is 9.90. The van der Waals surface area contributed by atoms with E-state index >= 15 is 0 Å². The third kappa shape index (κ3) is 5.90. The first kappa shape index (κ1) is 23.4. The predicted molar refractivity (Wildman–Crippen MR) is 117 cm³/mol. The van der Waals surface area contributed by atoms with Crippen LogP contribution in [-0.4, -0.2) is 13.1 Å². The number of rotatable bonds is 7. The van der Waals surface area contributed by atoms with Crippen LogP contribution < -0.4 is 4.74 Å². The van der Waals surface area contributed by atoms with Crippen molar-refractivity contribution in [2.24, 2.45) is 0 Å². The number of hydrogen-bond donors (Lipinski definition) is 0. The SMILES string of the molecule is COC(=O)Cc1ccc(OCc2ccc(C(F)(F)F)cc2)c(-c2ccc(C(C)C)cc2)c1. The molecule has 0 heterocycles. The van der Waals surface area contributed by atoms with Crippen LogP contribution in [0, 0.1) is 0 Å². The van der Waals surface area contributed by atoms with Gasteiger partial charge in [0.1, 0.15) is 12.4 Å². The molecule has 0 amide bonds. The Hall–Kier alpha value is -3.28. The molecule has 3 nitrogen and oxygen atoms in total. The van der Waals surface area contributed by atoms with Gasteiger partial charge in [-0.15, -0.1) is 0 Å². The molecule has 0 saturated carbocycles. The standard InChI is InChI=1S/C26H25F3O3/c1-17(2)20-7-9-21(10-8-20)23-14-19(15-25(30)31-3)6-13-24(23)32-16-18-4-11-22(12-5-18)26(27,28)29/h4-14,17H,15-16H2,1-3H3. The molecule has 0 saturated heterocycles. The van der Waals surface area contributed by atoms with Crippen molar-refractivity contribution in [1.29, 1.82) is 0 Å². The summed E-state index contributed by atoms with van der Waals surface area (Å²) in [6.45, 7) is 4.35. The molecular weight excluding hydrogens is 417 g/mol. The van der Waals surface area contributed by atoms with Crippen LogP contribution in [0.15, 0.2) is 66.7 Å². The van der Waals surface area contributed by atoms with Gasteiger partial charge in [0.15, 0.2) is 0 Å². The Morgan fingerprint density at radius 1 is 0.906 bits per heavy atom. The normalized spacial score (nSPS) is 11.5. The van der Waals surface area contributed by atoms with E-state index in [0.717, 1.165) is 28.8 Å². The molecule has 0 aliphatic heterocycles. The number of halogens is 3. The fourth-order valence-corrected chi connectivity index (χ4v) is 3.28. The van der Waals surface area contributed by atoms with Crippen LogP contribution in [0.2, 0.25) is 0 Å². The summed E-state index contributed by atoms with van der Waals surface area (Å²) in [7, 11) is 1.34. The largest absolute Gasteiger partial charge is 0.488 e. The van der Waals surface area contributed by atoms with Crippen molar-refractivity contribution in [3.63, 3.8) is 0 Å². The molecule has 168 valence electrons. The molecule has 3 aromatic rings. The highest BCUT2D eigenvalue weighted by molar-refractivity contribution is 5.76. The van der Waals surface area contributed by atoms with Crippen molar-refractivity contribution < 1.29 is 27.4 Å². The molecule has 0 unspecified atom stereocenters. The maximum atomic E-state index is 12.8. The minimum absolute atomic E-state index is 0.117. The summed E-state index contributed by atoms with van der Waals surface area (Å²) in [5.74, 6) is 0.630. The monoisotopic (exact) mass is 442 g/mol. The molecule has 32 heavy (non-hydrogen) atoms. The number of ether oxygens (including phenoxy) is 2. The molecule has 0 aliphatic carbocycles. The van der Waals surface area contributed by atoms with Gasteiger partial charge < -0.3 is 9.47 Å². The highest BCUT2D eigenvalue weighted by Crippen LogP contribution is 2.33. The molecule has 0 aliphatic rings. The van der Waals surface area contributed by atoms with E-state index in [1.165, 1.54) is 24.8 Å². The molecule has 0 fully saturated rings. The van der Waals surface area contributed by atoms with Crippen molar-refractivity contribution >= 4 is 5.97 Å². The van der Waals surface area contributed by atoms with E-state index in [2.05, 4.69) is 13.8 Å². The maximum absolute atomic E-state index is 12.8. The first-order valence-electron chi connectivity index (χ1n) is 10.3. The zero-order chi connectivity index (χ0) is 23.3. The molecule has 0 aromatic heterocycles. The van der Waals surface area contributed by atoms with E-state index in [0.29, 0.717) is 17.2 Å². The smallest absolute Gasteiger partial charge is 0.416 e. The summed E-state index contributed by atoms with van der Waals surface area (Å²) < 4.78 is 49.1. The summed E-state index contributed by atoms with van der Waals surface area (Å²) in [6.07, 6.45) is -4.24. The quantitative estimate of drug-likeness (QED) is 0.378. The number of hydrogen-bond acceptors (Lipinski definition) is 3. The molecule has 0 radical (unpaired) electrons. The van der Waals surface area contributed by atoms with Crippen molar-refractivity contribution in [2.45, 2.75) is 39.0 Å². The molecule has 0 atom stereocenters. The molecule has 0 N–H and O–H groups in total. The predicted octanol–water partition coefficient (Wildman–Crippen LogP) is 6.79. The summed E-state index contributed by atoms with van der Waals surface area (Å²) in [5.41, 5.74) is 3.63. The maximum Gasteiger partial charge on any atom is 0.416 e. The molecule has 0 bridgehead atoms. The summed E-state index contributed by atoms with van der Waals surface area (Å²) >= 11 is 0. The van der Waals surface area contributed by atoms with Gasteiger partial charge in [-0.05, 0) is 52.4 Å². The molecule has 3 rings (SSSR count). The number of alkyl halides is 3. The fourth-order valence-electron chi connectivity index (χ4n) is 3.28. The highest BCUT2D eigenvalue weighted by atomic mass is 19.4. The van der Waals surface area contributed by atoms with Crippen LogP contribution in [0.4, 0.5) is 13.2 Å². The third-order valence-corrected chi connectivity index (χ3v) is 5.18. The second-order valence-electron chi connectivity index (χ2n) is 7.84. The number of methoxy groups -OCH3 is 1. The lowest BCUT2D eigenvalue weighted by Gasteiger charge is -2.15. The fraction of sp³-hybridized carbons (Fsp3) is 0.269. The molecule has 0 spiro atoms. The van der Waals surface area contributed by atoms with E-state index < -0.39 is 11.7 Å². The lowest BCUT2D eigenvalue weighted by molar-refractivity contribution is -0.140. The summed E-state index contributed by atoms with van der Waals surface area (Å²) in [5, 5.41) is 0. The van der Waals surface area contributed by atoms with Gasteiger partial charge in [0.25, 0.3) is 0 Å². The van der Waals surface area contributed by atoms with Gasteiger partial charge in [-0.25, -0.2) is 0 Å². The topological polar surface area (TPSA) is 35.5 Å². The lowest BCUT2D eigenvalue weighted by atomic mass is 9.96. The van der Waals surface area contributed by atoms with E-state index in [1.807, 2.05) is 30.3 Å². The lowest BCUT2D eigenvalue weighted by Crippen LogP contribution is -2.06. The first-order valence-corrected chi connectivity index (χ1v) is 10.3. The van der Waals surface area contributed by atoms with Gasteiger partial charge in [-0.3, -0.25) is 4.79 Å². The van der Waals surface area contributed by atoms with Crippen LogP contribution >= 0.6 is 0 Å². The van der Waals surface area contributed by atoms with Crippen LogP contribution in [-0.2, 0) is 28.7 Å². The Morgan fingerprint density at radius 2 is 1.53 bits per heavy atom. The Kier molecular flexibility index (Phi) is 7.23. The Morgan fingerprint density at radius 3 is 2.09 bits per heavy atom. The zero-order valence-electron chi connectivity index (χ0n) is 18.2. The number of carbonyl (C=O) groups is 1. The van der Waals surface area contributed by atoms with E-state index in [4.69, 9.17) is 9.47 Å². The molecular formula is C26H25F3O3. The minimum atomic E-state index is -4.37. The molecule has 6 heteroatoms. The van der Waals surface area contributed by atoms with E-state index in [1.54, 1.807) is 12.1 Å². The third-order valence-electron chi connectivity index (χ3n) is 5.18. The Bertz CT molecular complexity index is 1050. The van der Waals surface area contributed by atoms with Crippen LogP contribution in [0.25, 0.3) is 11.1 Å². The number of carbonyl (C=O) groups excluding carboxylic acids is 1. The van der Waals surface area contributed by atoms with Gasteiger partial charge in [0.2, 0.25) is 0 Å².